The second kappa shape index (κ2) is 7.97. The summed E-state index contributed by atoms with van der Waals surface area (Å²) in [7, 11) is 0. The van der Waals surface area contributed by atoms with Gasteiger partial charge in [-0.15, -0.1) is 0 Å². The van der Waals surface area contributed by atoms with Gasteiger partial charge in [-0.2, -0.15) is 0 Å². The Balaban J connectivity index is 1.56. The molecule has 0 bridgehead atoms. The Bertz CT molecular complexity index is 1200. The number of hydrogen-bond donors (Lipinski definition) is 1. The SMILES string of the molecule is Cc1cc(/C=C/c2nc3ccc(C(=O)Sc4ccccc4)cc3o2)cc(C)c1O. The number of phenolic OH excluding ortho intramolecular Hbond substituents is 1. The van der Waals surface area contributed by atoms with Crippen molar-refractivity contribution in [3.8, 4) is 5.75 Å². The molecule has 4 rings (SSSR count). The maximum absolute atomic E-state index is 12.5. The van der Waals surface area contributed by atoms with Crippen molar-refractivity contribution in [2.45, 2.75) is 18.7 Å². The largest absolute Gasteiger partial charge is 0.507 e. The molecule has 1 N–H and O–H groups in total. The van der Waals surface area contributed by atoms with Crippen LogP contribution in [0.3, 0.4) is 0 Å². The van der Waals surface area contributed by atoms with Crippen LogP contribution in [0.15, 0.2) is 70.0 Å². The summed E-state index contributed by atoms with van der Waals surface area (Å²) >= 11 is 1.19. The molecule has 5 heteroatoms. The van der Waals surface area contributed by atoms with Gasteiger partial charge in [0, 0.05) is 16.5 Å². The average Bonchev–Trinajstić information content (AvgIpc) is 3.13. The topological polar surface area (TPSA) is 63.3 Å². The first-order valence-corrected chi connectivity index (χ1v) is 9.97. The fourth-order valence-corrected chi connectivity index (χ4v) is 3.80. The van der Waals surface area contributed by atoms with E-state index in [1.54, 1.807) is 24.3 Å². The molecule has 144 valence electrons. The van der Waals surface area contributed by atoms with Crippen LogP contribution in [0.25, 0.3) is 23.3 Å². The van der Waals surface area contributed by atoms with Crippen molar-refractivity contribution in [3.05, 3.63) is 88.8 Å². The zero-order valence-electron chi connectivity index (χ0n) is 16.0. The van der Waals surface area contributed by atoms with Crippen LogP contribution in [0.5, 0.6) is 5.75 Å². The third-order valence-corrected chi connectivity index (χ3v) is 5.46. The maximum Gasteiger partial charge on any atom is 0.224 e. The third kappa shape index (κ3) is 4.25. The highest BCUT2D eigenvalue weighted by Gasteiger charge is 2.11. The summed E-state index contributed by atoms with van der Waals surface area (Å²) in [4.78, 5) is 17.9. The van der Waals surface area contributed by atoms with Gasteiger partial charge in [-0.3, -0.25) is 4.79 Å². The fourth-order valence-electron chi connectivity index (χ4n) is 3.05. The van der Waals surface area contributed by atoms with Crippen molar-refractivity contribution in [2.75, 3.05) is 0 Å². The van der Waals surface area contributed by atoms with Crippen LogP contribution < -0.4 is 0 Å². The Morgan fingerprint density at radius 3 is 2.45 bits per heavy atom. The molecule has 1 aromatic heterocycles. The minimum atomic E-state index is -0.0402. The molecular weight excluding hydrogens is 382 g/mol. The van der Waals surface area contributed by atoms with Gasteiger partial charge >= 0.3 is 0 Å². The lowest BCUT2D eigenvalue weighted by molar-refractivity contribution is 0.108. The second-order valence-corrected chi connectivity index (χ2v) is 7.82. The number of aromatic nitrogens is 1. The molecular formula is C24H19NO3S. The van der Waals surface area contributed by atoms with Crippen molar-refractivity contribution in [1.29, 1.82) is 0 Å². The molecule has 0 saturated heterocycles. The van der Waals surface area contributed by atoms with Crippen molar-refractivity contribution in [2.24, 2.45) is 0 Å². The minimum Gasteiger partial charge on any atom is -0.507 e. The molecule has 0 amide bonds. The lowest BCUT2D eigenvalue weighted by atomic mass is 10.1. The van der Waals surface area contributed by atoms with Gasteiger partial charge in [0.25, 0.3) is 0 Å². The number of aryl methyl sites for hydroxylation is 2. The van der Waals surface area contributed by atoms with Gasteiger partial charge in [0.15, 0.2) is 5.58 Å². The van der Waals surface area contributed by atoms with Crippen LogP contribution >= 0.6 is 11.8 Å². The summed E-state index contributed by atoms with van der Waals surface area (Å²) in [5, 5.41) is 9.85. The predicted octanol–water partition coefficient (Wildman–Crippen LogP) is 6.25. The first-order valence-electron chi connectivity index (χ1n) is 9.16. The van der Waals surface area contributed by atoms with E-state index in [2.05, 4.69) is 4.98 Å². The number of hydrogen-bond acceptors (Lipinski definition) is 5. The van der Waals surface area contributed by atoms with Gasteiger partial charge in [0.2, 0.25) is 11.0 Å². The molecule has 0 radical (unpaired) electrons. The molecule has 0 fully saturated rings. The first-order chi connectivity index (χ1) is 14.0. The van der Waals surface area contributed by atoms with Gasteiger partial charge in [-0.05, 0) is 90.8 Å². The summed E-state index contributed by atoms with van der Waals surface area (Å²) in [6.45, 7) is 3.73. The second-order valence-electron chi connectivity index (χ2n) is 6.77. The van der Waals surface area contributed by atoms with Gasteiger partial charge < -0.3 is 9.52 Å². The predicted molar refractivity (Wildman–Crippen MR) is 117 cm³/mol. The smallest absolute Gasteiger partial charge is 0.224 e. The van der Waals surface area contributed by atoms with Crippen molar-refractivity contribution in [1.82, 2.24) is 4.98 Å². The molecule has 0 unspecified atom stereocenters. The molecule has 0 spiro atoms. The lowest BCUT2D eigenvalue weighted by Crippen LogP contribution is -1.92. The molecule has 1 heterocycles. The maximum atomic E-state index is 12.5. The van der Waals surface area contributed by atoms with Crippen molar-refractivity contribution < 1.29 is 14.3 Å². The zero-order valence-corrected chi connectivity index (χ0v) is 16.9. The summed E-state index contributed by atoms with van der Waals surface area (Å²) in [6.07, 6.45) is 3.67. The number of aromatic hydroxyl groups is 1. The van der Waals surface area contributed by atoms with Crippen LogP contribution in [-0.4, -0.2) is 15.2 Å². The van der Waals surface area contributed by atoms with Crippen LogP contribution in [0, 0.1) is 13.8 Å². The normalized spacial score (nSPS) is 11.4. The number of rotatable bonds is 4. The molecule has 3 aromatic carbocycles. The molecule has 0 aliphatic carbocycles. The molecule has 29 heavy (non-hydrogen) atoms. The van der Waals surface area contributed by atoms with Gasteiger partial charge in [-0.1, -0.05) is 18.2 Å². The van der Waals surface area contributed by atoms with E-state index in [4.69, 9.17) is 4.42 Å². The highest BCUT2D eigenvalue weighted by atomic mass is 32.2. The molecule has 0 aliphatic heterocycles. The van der Waals surface area contributed by atoms with E-state index in [0.717, 1.165) is 21.6 Å². The summed E-state index contributed by atoms with van der Waals surface area (Å²) in [6, 6.07) is 18.6. The van der Waals surface area contributed by atoms with E-state index in [9.17, 15) is 9.90 Å². The van der Waals surface area contributed by atoms with E-state index >= 15 is 0 Å². The van der Waals surface area contributed by atoms with Crippen LogP contribution in [0.1, 0.15) is 32.9 Å². The Morgan fingerprint density at radius 1 is 1.00 bits per heavy atom. The Labute approximate surface area is 172 Å². The van der Waals surface area contributed by atoms with Gasteiger partial charge in [-0.25, -0.2) is 4.98 Å². The summed E-state index contributed by atoms with van der Waals surface area (Å²) in [5.74, 6) is 0.776. The van der Waals surface area contributed by atoms with Crippen molar-refractivity contribution >= 4 is 40.1 Å². The monoisotopic (exact) mass is 401 g/mol. The van der Waals surface area contributed by atoms with Crippen LogP contribution in [-0.2, 0) is 0 Å². The van der Waals surface area contributed by atoms with Crippen molar-refractivity contribution in [3.63, 3.8) is 0 Å². The average molecular weight is 401 g/mol. The zero-order chi connectivity index (χ0) is 20.4. The Morgan fingerprint density at radius 2 is 1.72 bits per heavy atom. The third-order valence-electron chi connectivity index (χ3n) is 4.53. The molecule has 0 saturated carbocycles. The fraction of sp³-hybridized carbons (Fsp3) is 0.0833. The van der Waals surface area contributed by atoms with E-state index in [1.165, 1.54) is 11.8 Å². The van der Waals surface area contributed by atoms with E-state index in [0.29, 0.717) is 28.3 Å². The quantitative estimate of drug-likeness (QED) is 0.409. The Hall–Kier alpha value is -3.31. The minimum absolute atomic E-state index is 0.0402. The molecule has 0 atom stereocenters. The van der Waals surface area contributed by atoms with Crippen LogP contribution in [0.2, 0.25) is 0 Å². The standard InChI is InChI=1S/C24H19NO3S/c1-15-12-17(13-16(2)23(15)26)8-11-22-25-20-10-9-18(14-21(20)28-22)24(27)29-19-6-4-3-5-7-19/h3-14,26H,1-2H3/b11-8+. The number of thioether (sulfide) groups is 1. The highest BCUT2D eigenvalue weighted by Crippen LogP contribution is 2.26. The first kappa shape index (κ1) is 19.0. The Kier molecular flexibility index (Phi) is 5.23. The van der Waals surface area contributed by atoms with E-state index < -0.39 is 0 Å². The number of carbonyl (C=O) groups is 1. The van der Waals surface area contributed by atoms with Gasteiger partial charge in [0.1, 0.15) is 11.3 Å². The lowest BCUT2D eigenvalue weighted by Gasteiger charge is -2.04. The van der Waals surface area contributed by atoms with Crippen LogP contribution in [0.4, 0.5) is 0 Å². The number of benzene rings is 3. The van der Waals surface area contributed by atoms with E-state index in [1.807, 2.05) is 62.4 Å². The summed E-state index contributed by atoms with van der Waals surface area (Å²) in [5.41, 5.74) is 4.44. The number of phenols is 1. The number of fused-ring (bicyclic) bond motifs is 1. The van der Waals surface area contributed by atoms with Gasteiger partial charge in [0.05, 0.1) is 0 Å². The molecule has 4 aromatic rings. The number of carbonyl (C=O) groups excluding carboxylic acids is 1. The highest BCUT2D eigenvalue weighted by molar-refractivity contribution is 8.14. The molecule has 0 aliphatic rings. The van der Waals surface area contributed by atoms with E-state index in [-0.39, 0.29) is 5.12 Å². The number of oxazole rings is 1. The molecule has 4 nitrogen and oxygen atoms in total. The summed E-state index contributed by atoms with van der Waals surface area (Å²) < 4.78 is 5.81. The number of nitrogens with zero attached hydrogens (tertiary/aromatic N) is 1.